The summed E-state index contributed by atoms with van der Waals surface area (Å²) in [5, 5.41) is 0. The van der Waals surface area contributed by atoms with E-state index in [1.165, 1.54) is 11.1 Å². The summed E-state index contributed by atoms with van der Waals surface area (Å²) in [5.74, 6) is 1.67. The van der Waals surface area contributed by atoms with Crippen LogP contribution in [0.1, 0.15) is 30.0 Å². The molecule has 0 aliphatic carbocycles. The van der Waals surface area contributed by atoms with E-state index in [2.05, 4.69) is 18.2 Å². The van der Waals surface area contributed by atoms with Crippen LogP contribution in [0.15, 0.2) is 18.2 Å². The second kappa shape index (κ2) is 4.67. The van der Waals surface area contributed by atoms with Crippen molar-refractivity contribution in [3.05, 3.63) is 29.3 Å². The Bertz CT molecular complexity index is 399. The van der Waals surface area contributed by atoms with E-state index in [9.17, 15) is 0 Å². The predicted molar refractivity (Wildman–Crippen MR) is 66.1 cm³/mol. The summed E-state index contributed by atoms with van der Waals surface area (Å²) in [5.41, 5.74) is 8.82. The van der Waals surface area contributed by atoms with Crippen molar-refractivity contribution in [1.29, 1.82) is 0 Å². The lowest BCUT2D eigenvalue weighted by atomic mass is 9.93. The maximum atomic E-state index is 6.27. The van der Waals surface area contributed by atoms with E-state index in [0.717, 1.165) is 44.8 Å². The van der Waals surface area contributed by atoms with E-state index in [1.54, 1.807) is 0 Å². The molecule has 2 heterocycles. The van der Waals surface area contributed by atoms with Crippen molar-refractivity contribution in [1.82, 2.24) is 0 Å². The van der Waals surface area contributed by atoms with Gasteiger partial charge in [0.2, 0.25) is 0 Å². The Labute approximate surface area is 102 Å². The van der Waals surface area contributed by atoms with Crippen LogP contribution in [-0.4, -0.2) is 19.8 Å². The fourth-order valence-corrected chi connectivity index (χ4v) is 2.70. The van der Waals surface area contributed by atoms with Crippen LogP contribution in [0, 0.1) is 5.92 Å². The lowest BCUT2D eigenvalue weighted by Crippen LogP contribution is -2.15. The molecule has 0 amide bonds. The zero-order valence-electron chi connectivity index (χ0n) is 10.0. The molecule has 3 heteroatoms. The Morgan fingerprint density at radius 2 is 2.29 bits per heavy atom. The number of hydrogen-bond acceptors (Lipinski definition) is 3. The van der Waals surface area contributed by atoms with E-state index in [4.69, 9.17) is 15.2 Å². The zero-order valence-corrected chi connectivity index (χ0v) is 10.0. The second-order valence-electron chi connectivity index (χ2n) is 5.04. The fraction of sp³-hybridized carbons (Fsp3) is 0.571. The van der Waals surface area contributed by atoms with Crippen LogP contribution in [0.5, 0.6) is 5.75 Å². The minimum absolute atomic E-state index is 0.132. The maximum Gasteiger partial charge on any atom is 0.122 e. The summed E-state index contributed by atoms with van der Waals surface area (Å²) in [7, 11) is 0. The predicted octanol–water partition coefficient (Wildman–Crippen LogP) is 2.05. The molecule has 1 aromatic rings. The highest BCUT2D eigenvalue weighted by Gasteiger charge is 2.21. The molecule has 3 nitrogen and oxygen atoms in total. The van der Waals surface area contributed by atoms with Gasteiger partial charge >= 0.3 is 0 Å². The largest absolute Gasteiger partial charge is 0.493 e. The average molecular weight is 233 g/mol. The van der Waals surface area contributed by atoms with E-state index >= 15 is 0 Å². The standard InChI is InChI=1S/C14H19NO2/c15-13(7-10-3-5-16-9-10)11-1-2-14-12(8-11)4-6-17-14/h1-2,8,10,13H,3-7,9,15H2. The third kappa shape index (κ3) is 2.31. The van der Waals surface area contributed by atoms with Gasteiger partial charge in [0.25, 0.3) is 0 Å². The summed E-state index contributed by atoms with van der Waals surface area (Å²) in [6.07, 6.45) is 3.20. The normalized spacial score (nSPS) is 24.4. The summed E-state index contributed by atoms with van der Waals surface area (Å²) in [4.78, 5) is 0. The molecule has 2 N–H and O–H groups in total. The number of ether oxygens (including phenoxy) is 2. The molecule has 92 valence electrons. The van der Waals surface area contributed by atoms with Gasteiger partial charge in [-0.05, 0) is 36.0 Å². The Morgan fingerprint density at radius 1 is 1.35 bits per heavy atom. The first-order valence-electron chi connectivity index (χ1n) is 6.42. The third-order valence-corrected chi connectivity index (χ3v) is 3.75. The van der Waals surface area contributed by atoms with Gasteiger partial charge in [-0.15, -0.1) is 0 Å². The second-order valence-corrected chi connectivity index (χ2v) is 5.04. The van der Waals surface area contributed by atoms with Crippen LogP contribution in [0.25, 0.3) is 0 Å². The highest BCUT2D eigenvalue weighted by Crippen LogP contribution is 2.30. The zero-order chi connectivity index (χ0) is 11.7. The topological polar surface area (TPSA) is 44.5 Å². The lowest BCUT2D eigenvalue weighted by Gasteiger charge is -2.16. The van der Waals surface area contributed by atoms with Gasteiger partial charge in [-0.1, -0.05) is 12.1 Å². The molecule has 2 atom stereocenters. The molecule has 3 rings (SSSR count). The molecule has 1 aromatic carbocycles. The van der Waals surface area contributed by atoms with E-state index in [0.29, 0.717) is 5.92 Å². The van der Waals surface area contributed by atoms with Gasteiger partial charge in [0.15, 0.2) is 0 Å². The first kappa shape index (κ1) is 11.1. The quantitative estimate of drug-likeness (QED) is 0.869. The summed E-state index contributed by atoms with van der Waals surface area (Å²) < 4.78 is 10.9. The van der Waals surface area contributed by atoms with Crippen LogP contribution in [0.3, 0.4) is 0 Å². The SMILES string of the molecule is NC(CC1CCOC1)c1ccc2c(c1)CCO2. The van der Waals surface area contributed by atoms with Crippen molar-refractivity contribution in [3.63, 3.8) is 0 Å². The minimum Gasteiger partial charge on any atom is -0.493 e. The summed E-state index contributed by atoms with van der Waals surface area (Å²) >= 11 is 0. The molecule has 2 aliphatic rings. The van der Waals surface area contributed by atoms with Gasteiger partial charge in [-0.2, -0.15) is 0 Å². The highest BCUT2D eigenvalue weighted by atomic mass is 16.5. The molecule has 0 aromatic heterocycles. The molecule has 1 saturated heterocycles. The van der Waals surface area contributed by atoms with Crippen LogP contribution in [0.2, 0.25) is 0 Å². The molecule has 0 saturated carbocycles. The lowest BCUT2D eigenvalue weighted by molar-refractivity contribution is 0.182. The first-order valence-corrected chi connectivity index (χ1v) is 6.42. The van der Waals surface area contributed by atoms with E-state index in [-0.39, 0.29) is 6.04 Å². The molecule has 0 spiro atoms. The average Bonchev–Trinajstić information content (AvgIpc) is 2.97. The van der Waals surface area contributed by atoms with E-state index in [1.807, 2.05) is 0 Å². The Kier molecular flexibility index (Phi) is 3.04. The van der Waals surface area contributed by atoms with Crippen LogP contribution >= 0.6 is 0 Å². The van der Waals surface area contributed by atoms with Crippen molar-refractivity contribution in [2.75, 3.05) is 19.8 Å². The van der Waals surface area contributed by atoms with Crippen LogP contribution < -0.4 is 10.5 Å². The molecule has 0 radical (unpaired) electrons. The molecular weight excluding hydrogens is 214 g/mol. The van der Waals surface area contributed by atoms with Crippen molar-refractivity contribution < 1.29 is 9.47 Å². The highest BCUT2D eigenvalue weighted by molar-refractivity contribution is 5.40. The van der Waals surface area contributed by atoms with Crippen molar-refractivity contribution in [2.24, 2.45) is 11.7 Å². The number of fused-ring (bicyclic) bond motifs is 1. The van der Waals surface area contributed by atoms with Crippen molar-refractivity contribution in [3.8, 4) is 5.75 Å². The van der Waals surface area contributed by atoms with Crippen molar-refractivity contribution in [2.45, 2.75) is 25.3 Å². The molecule has 2 aliphatic heterocycles. The van der Waals surface area contributed by atoms with Crippen LogP contribution in [0.4, 0.5) is 0 Å². The Balaban J connectivity index is 1.70. The Hall–Kier alpha value is -1.06. The summed E-state index contributed by atoms with van der Waals surface area (Å²) in [6, 6.07) is 6.50. The van der Waals surface area contributed by atoms with Gasteiger partial charge in [0.05, 0.1) is 6.61 Å². The van der Waals surface area contributed by atoms with E-state index < -0.39 is 0 Å². The fourth-order valence-electron chi connectivity index (χ4n) is 2.70. The van der Waals surface area contributed by atoms with Gasteiger partial charge in [0.1, 0.15) is 5.75 Å². The van der Waals surface area contributed by atoms with Gasteiger partial charge in [-0.25, -0.2) is 0 Å². The third-order valence-electron chi connectivity index (χ3n) is 3.75. The molecule has 1 fully saturated rings. The first-order chi connectivity index (χ1) is 8.33. The van der Waals surface area contributed by atoms with Gasteiger partial charge in [-0.3, -0.25) is 0 Å². The van der Waals surface area contributed by atoms with Crippen molar-refractivity contribution >= 4 is 0 Å². The molecule has 2 unspecified atom stereocenters. The number of nitrogens with two attached hydrogens (primary N) is 1. The van der Waals surface area contributed by atoms with Gasteiger partial charge < -0.3 is 15.2 Å². The number of benzene rings is 1. The smallest absolute Gasteiger partial charge is 0.122 e. The monoisotopic (exact) mass is 233 g/mol. The minimum atomic E-state index is 0.132. The summed E-state index contributed by atoms with van der Waals surface area (Å²) in [6.45, 7) is 2.58. The maximum absolute atomic E-state index is 6.27. The molecule has 17 heavy (non-hydrogen) atoms. The number of hydrogen-bond donors (Lipinski definition) is 1. The molecular formula is C14H19NO2. The number of rotatable bonds is 3. The van der Waals surface area contributed by atoms with Crippen LogP contribution in [-0.2, 0) is 11.2 Å². The Morgan fingerprint density at radius 3 is 3.12 bits per heavy atom. The van der Waals surface area contributed by atoms with Gasteiger partial charge in [0, 0.05) is 25.7 Å². The molecule has 0 bridgehead atoms.